The fourth-order valence-corrected chi connectivity index (χ4v) is 14.3. The zero-order valence-corrected chi connectivity index (χ0v) is 68.0. The van der Waals surface area contributed by atoms with E-state index in [-0.39, 0.29) is 25.7 Å². The van der Waals surface area contributed by atoms with Crippen molar-refractivity contribution in [2.45, 2.75) is 452 Å². The lowest BCUT2D eigenvalue weighted by atomic mass is 9.99. The van der Waals surface area contributed by atoms with Crippen LogP contribution in [0.3, 0.4) is 0 Å². The average molecular weight is 1480 g/mol. The third kappa shape index (κ3) is 74.7. The van der Waals surface area contributed by atoms with Crippen LogP contribution in [-0.4, -0.2) is 96.7 Å². The number of ether oxygens (including phenoxy) is 4. The van der Waals surface area contributed by atoms with E-state index in [1.165, 1.54) is 250 Å². The third-order valence-corrected chi connectivity index (χ3v) is 21.5. The molecule has 19 heteroatoms. The molecule has 0 heterocycles. The standard InChI is InChI=1S/C82H160O17P2/c1-7-10-12-14-16-18-19-28-36-42-48-54-60-66-81(86)98-77(70-92-79(84)64-58-52-46-38-17-15-13-11-8-2)72-96-100(88,89)94-68-76(83)69-95-101(90,91)97-73-78(71-93-80(85)65-59-53-47-41-35-31-27-26-30-34-40-45-51-57-63-75(6)9-3)99-82(87)67-61-55-49-43-37-32-25-23-21-20-22-24-29-33-39-44-50-56-62-74(4)5/h74-78,83H,7-73H2,1-6H3,(H,88,89)(H,90,91)/t75?,76-,77+,78+/m0/s1. The summed E-state index contributed by atoms with van der Waals surface area (Å²) in [4.78, 5) is 73.0. The number of esters is 4. The van der Waals surface area contributed by atoms with Gasteiger partial charge in [0.15, 0.2) is 12.2 Å². The molecule has 0 aliphatic heterocycles. The minimum atomic E-state index is -4.96. The molecule has 3 N–H and O–H groups in total. The minimum absolute atomic E-state index is 0.108. The molecule has 0 saturated carbocycles. The van der Waals surface area contributed by atoms with Gasteiger partial charge >= 0.3 is 39.5 Å². The molecule has 600 valence electrons. The van der Waals surface area contributed by atoms with Gasteiger partial charge in [-0.05, 0) is 37.5 Å². The van der Waals surface area contributed by atoms with Crippen LogP contribution in [0.1, 0.15) is 433 Å². The third-order valence-electron chi connectivity index (χ3n) is 19.6. The molecular formula is C82H160O17P2. The maximum Gasteiger partial charge on any atom is 0.472 e. The second kappa shape index (κ2) is 73.6. The molecule has 0 bridgehead atoms. The topological polar surface area (TPSA) is 237 Å². The predicted molar refractivity (Wildman–Crippen MR) is 414 cm³/mol. The van der Waals surface area contributed by atoms with E-state index in [9.17, 15) is 43.2 Å². The van der Waals surface area contributed by atoms with Crippen LogP contribution in [0.2, 0.25) is 0 Å². The number of carbonyl (C=O) groups is 4. The van der Waals surface area contributed by atoms with Gasteiger partial charge in [-0.3, -0.25) is 37.3 Å². The monoisotopic (exact) mass is 1480 g/mol. The number of rotatable bonds is 81. The molecule has 0 rings (SSSR count). The zero-order valence-electron chi connectivity index (χ0n) is 66.2. The summed E-state index contributed by atoms with van der Waals surface area (Å²) in [6, 6.07) is 0. The Kier molecular flexibility index (Phi) is 72.2. The van der Waals surface area contributed by atoms with Crippen molar-refractivity contribution in [1.29, 1.82) is 0 Å². The highest BCUT2D eigenvalue weighted by atomic mass is 31.2. The number of hydrogen-bond acceptors (Lipinski definition) is 15. The zero-order chi connectivity index (χ0) is 74.2. The summed E-state index contributed by atoms with van der Waals surface area (Å²) in [5.41, 5.74) is 0. The largest absolute Gasteiger partial charge is 0.472 e. The van der Waals surface area contributed by atoms with Gasteiger partial charge in [0, 0.05) is 25.7 Å². The molecule has 6 atom stereocenters. The Morgan fingerprint density at radius 2 is 0.505 bits per heavy atom. The fourth-order valence-electron chi connectivity index (χ4n) is 12.7. The molecule has 3 unspecified atom stereocenters. The molecule has 0 saturated heterocycles. The van der Waals surface area contributed by atoms with E-state index in [2.05, 4.69) is 41.5 Å². The van der Waals surface area contributed by atoms with Gasteiger partial charge in [0.2, 0.25) is 0 Å². The van der Waals surface area contributed by atoms with Crippen LogP contribution in [-0.2, 0) is 65.4 Å². The second-order valence-electron chi connectivity index (χ2n) is 30.2. The Labute approximate surface area is 619 Å². The number of aliphatic hydroxyl groups is 1. The van der Waals surface area contributed by atoms with Crippen molar-refractivity contribution in [3.63, 3.8) is 0 Å². The molecule has 0 fully saturated rings. The van der Waals surface area contributed by atoms with Crippen molar-refractivity contribution in [2.75, 3.05) is 39.6 Å². The van der Waals surface area contributed by atoms with Crippen LogP contribution in [0.15, 0.2) is 0 Å². The highest BCUT2D eigenvalue weighted by Crippen LogP contribution is 2.45. The number of unbranched alkanes of at least 4 members (excludes halogenated alkanes) is 50. The van der Waals surface area contributed by atoms with Gasteiger partial charge < -0.3 is 33.8 Å². The number of phosphoric acid groups is 2. The lowest BCUT2D eigenvalue weighted by molar-refractivity contribution is -0.161. The van der Waals surface area contributed by atoms with E-state index in [1.807, 2.05) is 0 Å². The summed E-state index contributed by atoms with van der Waals surface area (Å²) in [5, 5.41) is 10.6. The SMILES string of the molecule is CCCCCCCCCCCCCCCC(=O)O[C@H](COC(=O)CCCCCCCCCCC)COP(=O)(O)OC[C@H](O)COP(=O)(O)OC[C@@H](COC(=O)CCCCCCCCCCCCCCCCC(C)CC)OC(=O)CCCCCCCCCCCCCCCCCCCCC(C)C. The van der Waals surface area contributed by atoms with Gasteiger partial charge in [-0.2, -0.15) is 0 Å². The number of hydrogen-bond donors (Lipinski definition) is 3. The fraction of sp³-hybridized carbons (Fsp3) is 0.951. The van der Waals surface area contributed by atoms with Crippen LogP contribution in [0.5, 0.6) is 0 Å². The quantitative estimate of drug-likeness (QED) is 0.0222. The molecule has 0 aromatic carbocycles. The van der Waals surface area contributed by atoms with Crippen molar-refractivity contribution >= 4 is 39.5 Å². The molecule has 101 heavy (non-hydrogen) atoms. The lowest BCUT2D eigenvalue weighted by Gasteiger charge is -2.21. The summed E-state index contributed by atoms with van der Waals surface area (Å²) >= 11 is 0. The Morgan fingerprint density at radius 1 is 0.287 bits per heavy atom. The van der Waals surface area contributed by atoms with Crippen LogP contribution in [0.25, 0.3) is 0 Å². The van der Waals surface area contributed by atoms with Gasteiger partial charge in [-0.25, -0.2) is 9.13 Å². The van der Waals surface area contributed by atoms with E-state index in [1.54, 1.807) is 0 Å². The maximum atomic E-state index is 13.1. The maximum absolute atomic E-state index is 13.1. The van der Waals surface area contributed by atoms with Crippen molar-refractivity contribution in [3.05, 3.63) is 0 Å². The van der Waals surface area contributed by atoms with E-state index in [0.717, 1.165) is 102 Å². The summed E-state index contributed by atoms with van der Waals surface area (Å²) in [7, 11) is -9.92. The summed E-state index contributed by atoms with van der Waals surface area (Å²) in [6.45, 7) is 9.72. The first-order valence-corrected chi connectivity index (χ1v) is 45.5. The molecule has 0 aliphatic carbocycles. The van der Waals surface area contributed by atoms with Gasteiger partial charge in [-0.1, -0.05) is 382 Å². The van der Waals surface area contributed by atoms with Crippen LogP contribution in [0.4, 0.5) is 0 Å². The molecule has 0 aromatic rings. The van der Waals surface area contributed by atoms with Crippen molar-refractivity contribution in [1.82, 2.24) is 0 Å². The Balaban J connectivity index is 5.21. The van der Waals surface area contributed by atoms with E-state index >= 15 is 0 Å². The predicted octanol–water partition coefficient (Wildman–Crippen LogP) is 24.7. The first-order chi connectivity index (χ1) is 48.9. The van der Waals surface area contributed by atoms with Gasteiger partial charge in [0.05, 0.1) is 26.4 Å². The Hall–Kier alpha value is -1.94. The van der Waals surface area contributed by atoms with Gasteiger partial charge in [0.1, 0.15) is 19.3 Å². The van der Waals surface area contributed by atoms with Crippen LogP contribution < -0.4 is 0 Å². The van der Waals surface area contributed by atoms with E-state index in [0.29, 0.717) is 25.7 Å². The van der Waals surface area contributed by atoms with E-state index < -0.39 is 97.5 Å². The summed E-state index contributed by atoms with van der Waals surface area (Å²) in [6.07, 6.45) is 63.8. The molecular weight excluding hydrogens is 1320 g/mol. The summed E-state index contributed by atoms with van der Waals surface area (Å²) < 4.78 is 68.7. The average Bonchev–Trinajstić information content (AvgIpc) is 0.987. The highest BCUT2D eigenvalue weighted by Gasteiger charge is 2.30. The molecule has 17 nitrogen and oxygen atoms in total. The molecule has 0 spiro atoms. The number of carbonyl (C=O) groups excluding carboxylic acids is 4. The normalized spacial score (nSPS) is 14.2. The summed E-state index contributed by atoms with van der Waals surface area (Å²) in [5.74, 6) is -0.437. The number of aliphatic hydroxyl groups excluding tert-OH is 1. The first kappa shape index (κ1) is 99.1. The lowest BCUT2D eigenvalue weighted by Crippen LogP contribution is -2.30. The Morgan fingerprint density at radius 3 is 0.752 bits per heavy atom. The molecule has 0 aliphatic rings. The second-order valence-corrected chi connectivity index (χ2v) is 33.1. The van der Waals surface area contributed by atoms with Crippen molar-refractivity contribution in [3.8, 4) is 0 Å². The van der Waals surface area contributed by atoms with Crippen LogP contribution >= 0.6 is 15.6 Å². The van der Waals surface area contributed by atoms with Crippen LogP contribution in [0, 0.1) is 11.8 Å². The van der Waals surface area contributed by atoms with Crippen molar-refractivity contribution < 1.29 is 80.2 Å². The van der Waals surface area contributed by atoms with E-state index in [4.69, 9.17) is 37.0 Å². The molecule has 0 aromatic heterocycles. The van der Waals surface area contributed by atoms with Crippen molar-refractivity contribution in [2.24, 2.45) is 11.8 Å². The smallest absolute Gasteiger partial charge is 0.462 e. The Bertz CT molecular complexity index is 1940. The molecule has 0 amide bonds. The minimum Gasteiger partial charge on any atom is -0.462 e. The van der Waals surface area contributed by atoms with Gasteiger partial charge in [0.25, 0.3) is 0 Å². The first-order valence-electron chi connectivity index (χ1n) is 42.5. The number of phosphoric ester groups is 2. The highest BCUT2D eigenvalue weighted by molar-refractivity contribution is 7.47. The molecule has 0 radical (unpaired) electrons. The van der Waals surface area contributed by atoms with Gasteiger partial charge in [-0.15, -0.1) is 0 Å².